The van der Waals surface area contributed by atoms with Crippen LogP contribution in [0.25, 0.3) is 0 Å². The lowest BCUT2D eigenvalue weighted by Gasteiger charge is -2.22. The van der Waals surface area contributed by atoms with Gasteiger partial charge >= 0.3 is 5.97 Å². The number of aromatic hydroxyl groups is 1. The lowest BCUT2D eigenvalue weighted by Crippen LogP contribution is -2.17. The molecular weight excluding hydrogens is 418 g/mol. The van der Waals surface area contributed by atoms with Crippen molar-refractivity contribution in [3.63, 3.8) is 0 Å². The fourth-order valence-corrected chi connectivity index (χ4v) is 4.18. The summed E-state index contributed by atoms with van der Waals surface area (Å²) in [5.74, 6) is -1.20. The molecule has 0 heterocycles. The summed E-state index contributed by atoms with van der Waals surface area (Å²) in [6.07, 6.45) is 1.15. The van der Waals surface area contributed by atoms with Gasteiger partial charge < -0.3 is 14.9 Å². The highest BCUT2D eigenvalue weighted by atomic mass is 32.2. The molecule has 0 saturated heterocycles. The minimum absolute atomic E-state index is 0.123. The third-order valence-corrected chi connectivity index (χ3v) is 6.48. The van der Waals surface area contributed by atoms with Crippen LogP contribution in [0.5, 0.6) is 5.75 Å². The molecule has 0 aliphatic carbocycles. The van der Waals surface area contributed by atoms with E-state index in [0.717, 1.165) is 30.4 Å². The zero-order chi connectivity index (χ0) is 23.4. The number of aliphatic hydroxyl groups excluding tert-OH is 1. The number of nitrogens with one attached hydrogen (secondary N) is 1. The second-order valence-electron chi connectivity index (χ2n) is 8.50. The molecule has 1 atom stereocenters. The highest BCUT2D eigenvalue weighted by Gasteiger charge is 2.22. The second kappa shape index (κ2) is 9.70. The number of carbonyl (C=O) groups excluding carboxylic acids is 1. The molecule has 8 heteroatoms. The Balaban J connectivity index is 2.44. The van der Waals surface area contributed by atoms with Gasteiger partial charge in [-0.15, -0.1) is 0 Å². The minimum Gasteiger partial charge on any atom is -0.507 e. The van der Waals surface area contributed by atoms with Crippen LogP contribution in [0.4, 0.5) is 5.69 Å². The maximum Gasteiger partial charge on any atom is 0.341 e. The maximum atomic E-state index is 13.0. The quantitative estimate of drug-likeness (QED) is 0.526. The predicted molar refractivity (Wildman–Crippen MR) is 120 cm³/mol. The highest BCUT2D eigenvalue weighted by molar-refractivity contribution is 7.92. The van der Waals surface area contributed by atoms with E-state index in [0.29, 0.717) is 24.9 Å². The van der Waals surface area contributed by atoms with Gasteiger partial charge in [-0.2, -0.15) is 0 Å². The number of anilines is 1. The Morgan fingerprint density at radius 2 is 1.84 bits per heavy atom. The van der Waals surface area contributed by atoms with E-state index in [4.69, 9.17) is 0 Å². The van der Waals surface area contributed by atoms with Crippen molar-refractivity contribution < 1.29 is 28.2 Å². The van der Waals surface area contributed by atoms with Gasteiger partial charge in [-0.1, -0.05) is 39.8 Å². The van der Waals surface area contributed by atoms with Crippen LogP contribution >= 0.6 is 0 Å². The monoisotopic (exact) mass is 449 g/mol. The van der Waals surface area contributed by atoms with Crippen LogP contribution in [0.3, 0.4) is 0 Å². The molecule has 0 aromatic heterocycles. The zero-order valence-corrected chi connectivity index (χ0v) is 19.4. The first-order valence-electron chi connectivity index (χ1n) is 10.1. The summed E-state index contributed by atoms with van der Waals surface area (Å²) >= 11 is 0. The summed E-state index contributed by atoms with van der Waals surface area (Å²) in [5.41, 5.74) is 1.87. The van der Waals surface area contributed by atoms with E-state index < -0.39 is 22.1 Å². The van der Waals surface area contributed by atoms with Gasteiger partial charge in [0.25, 0.3) is 10.0 Å². The van der Waals surface area contributed by atoms with Crippen molar-refractivity contribution in [1.29, 1.82) is 0 Å². The van der Waals surface area contributed by atoms with Crippen molar-refractivity contribution in [1.82, 2.24) is 0 Å². The maximum absolute atomic E-state index is 13.0. The molecule has 2 rings (SSSR count). The number of methoxy groups -OCH3 is 1. The molecule has 0 aliphatic heterocycles. The molecule has 2 aromatic rings. The van der Waals surface area contributed by atoms with Crippen molar-refractivity contribution in [3.8, 4) is 5.75 Å². The first kappa shape index (κ1) is 24.7. The van der Waals surface area contributed by atoms with Crippen LogP contribution in [0.1, 0.15) is 62.0 Å². The van der Waals surface area contributed by atoms with Crippen molar-refractivity contribution in [2.75, 3.05) is 11.8 Å². The minimum atomic E-state index is -4.04. The number of sulfonamides is 1. The molecule has 0 amide bonds. The molecular formula is C23H31NO6S. The molecule has 7 nitrogen and oxygen atoms in total. The van der Waals surface area contributed by atoms with Gasteiger partial charge in [0.2, 0.25) is 0 Å². The smallest absolute Gasteiger partial charge is 0.341 e. The van der Waals surface area contributed by atoms with Crippen LogP contribution in [0, 0.1) is 0 Å². The van der Waals surface area contributed by atoms with Gasteiger partial charge in [0, 0.05) is 0 Å². The third kappa shape index (κ3) is 6.21. The fourth-order valence-electron chi connectivity index (χ4n) is 3.05. The molecule has 0 radical (unpaired) electrons. The number of aliphatic hydroxyl groups is 1. The van der Waals surface area contributed by atoms with E-state index in [9.17, 15) is 23.4 Å². The first-order valence-corrected chi connectivity index (χ1v) is 11.6. The fraction of sp³-hybridized carbons (Fsp3) is 0.435. The van der Waals surface area contributed by atoms with Crippen molar-refractivity contribution in [2.24, 2.45) is 0 Å². The lowest BCUT2D eigenvalue weighted by atomic mass is 9.85. The lowest BCUT2D eigenvalue weighted by molar-refractivity contribution is 0.0597. The van der Waals surface area contributed by atoms with Gasteiger partial charge in [0.1, 0.15) is 11.3 Å². The highest BCUT2D eigenvalue weighted by Crippen LogP contribution is 2.30. The molecule has 0 spiro atoms. The predicted octanol–water partition coefficient (Wildman–Crippen LogP) is 3.98. The molecule has 0 aliphatic rings. The summed E-state index contributed by atoms with van der Waals surface area (Å²) < 4.78 is 33.2. The normalized spacial score (nSPS) is 13.0. The van der Waals surface area contributed by atoms with E-state index in [-0.39, 0.29) is 21.6 Å². The summed E-state index contributed by atoms with van der Waals surface area (Å²) in [7, 11) is -2.89. The Hall–Kier alpha value is -2.58. The number of phenolic OH excluding ortho intramolecular Hbond substituents is 1. The summed E-state index contributed by atoms with van der Waals surface area (Å²) in [5, 5.41) is 19.8. The standard InChI is InChI=1S/C23H31NO6S/c1-6-17(25)9-7-15-13-16(23(2,3)4)8-11-20(15)24-31(28,29)18-10-12-21(26)19(14-18)22(27)30-5/h8,10-14,17,24-26H,6-7,9H2,1-5H3. The van der Waals surface area contributed by atoms with Crippen molar-refractivity contribution >= 4 is 21.7 Å². The van der Waals surface area contributed by atoms with E-state index >= 15 is 0 Å². The van der Waals surface area contributed by atoms with Crippen LogP contribution in [0.15, 0.2) is 41.3 Å². The summed E-state index contributed by atoms with van der Waals surface area (Å²) in [6, 6.07) is 8.97. The first-order chi connectivity index (χ1) is 14.4. The molecule has 0 fully saturated rings. The molecule has 1 unspecified atom stereocenters. The average molecular weight is 450 g/mol. The number of hydrogen-bond acceptors (Lipinski definition) is 6. The second-order valence-corrected chi connectivity index (χ2v) is 10.2. The van der Waals surface area contributed by atoms with E-state index in [1.165, 1.54) is 6.07 Å². The SMILES string of the molecule is CCC(O)CCc1cc(C(C)(C)C)ccc1NS(=O)(=O)c1ccc(O)c(C(=O)OC)c1. The molecule has 2 aromatic carbocycles. The topological polar surface area (TPSA) is 113 Å². The number of aryl methyl sites for hydroxylation is 1. The Morgan fingerprint density at radius 1 is 1.16 bits per heavy atom. The van der Waals surface area contributed by atoms with E-state index in [1.54, 1.807) is 6.07 Å². The Labute approximate surface area is 184 Å². The molecule has 0 bridgehead atoms. The van der Waals surface area contributed by atoms with Crippen LogP contribution in [-0.4, -0.2) is 37.8 Å². The number of phenols is 1. The summed E-state index contributed by atoms with van der Waals surface area (Å²) in [6.45, 7) is 8.11. The van der Waals surface area contributed by atoms with Gasteiger partial charge in [-0.05, 0) is 60.1 Å². The molecule has 0 saturated carbocycles. The number of ether oxygens (including phenoxy) is 1. The molecule has 170 valence electrons. The van der Waals surface area contributed by atoms with Gasteiger partial charge in [-0.25, -0.2) is 13.2 Å². The van der Waals surface area contributed by atoms with E-state index in [2.05, 4.69) is 30.2 Å². The van der Waals surface area contributed by atoms with Gasteiger partial charge in [0.05, 0.1) is 23.8 Å². The van der Waals surface area contributed by atoms with Crippen LogP contribution in [0.2, 0.25) is 0 Å². The summed E-state index contributed by atoms with van der Waals surface area (Å²) in [4.78, 5) is 11.6. The van der Waals surface area contributed by atoms with Crippen molar-refractivity contribution in [2.45, 2.75) is 63.4 Å². The number of esters is 1. The van der Waals surface area contributed by atoms with Gasteiger partial charge in [0.15, 0.2) is 0 Å². The number of rotatable bonds is 8. The Kier molecular flexibility index (Phi) is 7.72. The largest absolute Gasteiger partial charge is 0.507 e. The van der Waals surface area contributed by atoms with Crippen LogP contribution < -0.4 is 4.72 Å². The zero-order valence-electron chi connectivity index (χ0n) is 18.6. The third-order valence-electron chi connectivity index (χ3n) is 5.12. The number of benzene rings is 2. The van der Waals surface area contributed by atoms with Crippen molar-refractivity contribution in [3.05, 3.63) is 53.1 Å². The average Bonchev–Trinajstić information content (AvgIpc) is 2.71. The number of hydrogen-bond donors (Lipinski definition) is 3. The Bertz CT molecular complexity index is 1040. The van der Waals surface area contributed by atoms with E-state index in [1.807, 2.05) is 19.1 Å². The van der Waals surface area contributed by atoms with Gasteiger partial charge in [-0.3, -0.25) is 4.72 Å². The molecule has 31 heavy (non-hydrogen) atoms. The number of carbonyl (C=O) groups is 1. The van der Waals surface area contributed by atoms with Crippen LogP contribution in [-0.2, 0) is 26.6 Å². The Morgan fingerprint density at radius 3 is 2.42 bits per heavy atom. The molecule has 3 N–H and O–H groups in total.